The zero-order valence-electron chi connectivity index (χ0n) is 13.1. The molecule has 2 unspecified atom stereocenters. The van der Waals surface area contributed by atoms with Gasteiger partial charge < -0.3 is 10.2 Å². The first-order valence-corrected chi connectivity index (χ1v) is 7.18. The monoisotopic (exact) mass is 284 g/mol. The number of nitrogens with zero attached hydrogens (tertiary/aromatic N) is 1. The van der Waals surface area contributed by atoms with Gasteiger partial charge in [0.05, 0.1) is 0 Å². The van der Waals surface area contributed by atoms with Gasteiger partial charge in [0.25, 0.3) is 0 Å². The normalized spacial score (nSPS) is 14.8. The first kappa shape index (κ1) is 17.1. The van der Waals surface area contributed by atoms with Crippen molar-refractivity contribution in [2.24, 2.45) is 5.92 Å². The molecule has 0 saturated heterocycles. The summed E-state index contributed by atoms with van der Waals surface area (Å²) < 4.78 is 27.2. The summed E-state index contributed by atoms with van der Waals surface area (Å²) in [5, 5.41) is 3.08. The summed E-state index contributed by atoms with van der Waals surface area (Å²) in [5.74, 6) is -0.927. The van der Waals surface area contributed by atoms with Gasteiger partial charge in [-0.3, -0.25) is 0 Å². The van der Waals surface area contributed by atoms with Gasteiger partial charge in [-0.05, 0) is 39.4 Å². The van der Waals surface area contributed by atoms with E-state index in [-0.39, 0.29) is 6.04 Å². The lowest BCUT2D eigenvalue weighted by atomic mass is 10.0. The standard InChI is InChI=1S/C16H26F2N2/c1-11(2)9-12(3)20(5)10-15(19-4)13-7-6-8-14(17)16(13)18/h6-8,11-12,15,19H,9-10H2,1-5H3. The minimum atomic E-state index is -0.791. The summed E-state index contributed by atoms with van der Waals surface area (Å²) in [6.07, 6.45) is 1.08. The first-order chi connectivity index (χ1) is 9.36. The summed E-state index contributed by atoms with van der Waals surface area (Å²) in [4.78, 5) is 2.19. The van der Waals surface area contributed by atoms with Crippen molar-refractivity contribution in [2.75, 3.05) is 20.6 Å². The predicted octanol–water partition coefficient (Wildman–Crippen LogP) is 3.59. The molecule has 0 aromatic heterocycles. The molecule has 1 N–H and O–H groups in total. The third-order valence-corrected chi connectivity index (χ3v) is 3.74. The summed E-state index contributed by atoms with van der Waals surface area (Å²) >= 11 is 0. The molecule has 0 saturated carbocycles. The van der Waals surface area contributed by atoms with Crippen molar-refractivity contribution in [1.82, 2.24) is 10.2 Å². The first-order valence-electron chi connectivity index (χ1n) is 7.18. The Morgan fingerprint density at radius 3 is 2.40 bits per heavy atom. The second-order valence-electron chi connectivity index (χ2n) is 5.90. The van der Waals surface area contributed by atoms with Gasteiger partial charge in [-0.2, -0.15) is 0 Å². The molecule has 2 nitrogen and oxygen atoms in total. The SMILES string of the molecule is CNC(CN(C)C(C)CC(C)C)c1cccc(F)c1F. The van der Waals surface area contributed by atoms with Crippen molar-refractivity contribution in [3.8, 4) is 0 Å². The average molecular weight is 284 g/mol. The second-order valence-corrected chi connectivity index (χ2v) is 5.90. The maximum atomic E-state index is 13.9. The maximum absolute atomic E-state index is 13.9. The molecule has 0 radical (unpaired) electrons. The Kier molecular flexibility index (Phi) is 6.56. The lowest BCUT2D eigenvalue weighted by molar-refractivity contribution is 0.207. The number of likely N-dealkylation sites (N-methyl/N-ethyl adjacent to an activating group) is 2. The minimum Gasteiger partial charge on any atom is -0.312 e. The molecule has 2 atom stereocenters. The Hall–Kier alpha value is -1.00. The number of nitrogens with one attached hydrogen (secondary N) is 1. The Bertz CT molecular complexity index is 421. The zero-order valence-corrected chi connectivity index (χ0v) is 13.1. The van der Waals surface area contributed by atoms with Crippen molar-refractivity contribution in [2.45, 2.75) is 39.3 Å². The van der Waals surface area contributed by atoms with Crippen molar-refractivity contribution < 1.29 is 8.78 Å². The van der Waals surface area contributed by atoms with E-state index in [0.717, 1.165) is 12.5 Å². The quantitative estimate of drug-likeness (QED) is 0.823. The van der Waals surface area contributed by atoms with Crippen LogP contribution in [0.1, 0.15) is 38.8 Å². The highest BCUT2D eigenvalue weighted by molar-refractivity contribution is 5.22. The van der Waals surface area contributed by atoms with Gasteiger partial charge in [-0.25, -0.2) is 8.78 Å². The molecular formula is C16H26F2N2. The molecule has 0 fully saturated rings. The van der Waals surface area contributed by atoms with Crippen LogP contribution in [-0.2, 0) is 0 Å². The third-order valence-electron chi connectivity index (χ3n) is 3.74. The number of hydrogen-bond donors (Lipinski definition) is 1. The van der Waals surface area contributed by atoms with Crippen LogP contribution in [0, 0.1) is 17.6 Å². The predicted molar refractivity (Wildman–Crippen MR) is 79.7 cm³/mol. The smallest absolute Gasteiger partial charge is 0.163 e. The molecule has 0 amide bonds. The van der Waals surface area contributed by atoms with E-state index in [2.05, 4.69) is 31.0 Å². The van der Waals surface area contributed by atoms with Crippen LogP contribution in [0.2, 0.25) is 0 Å². The molecule has 0 bridgehead atoms. The fourth-order valence-corrected chi connectivity index (χ4v) is 2.46. The lowest BCUT2D eigenvalue weighted by Gasteiger charge is -2.30. The van der Waals surface area contributed by atoms with Crippen LogP contribution < -0.4 is 5.32 Å². The lowest BCUT2D eigenvalue weighted by Crippen LogP contribution is -2.37. The Morgan fingerprint density at radius 2 is 1.85 bits per heavy atom. The number of hydrogen-bond acceptors (Lipinski definition) is 2. The fourth-order valence-electron chi connectivity index (χ4n) is 2.46. The van der Waals surface area contributed by atoms with Gasteiger partial charge in [-0.1, -0.05) is 26.0 Å². The van der Waals surface area contributed by atoms with Crippen molar-refractivity contribution in [3.05, 3.63) is 35.4 Å². The Morgan fingerprint density at radius 1 is 1.20 bits per heavy atom. The largest absolute Gasteiger partial charge is 0.312 e. The average Bonchev–Trinajstić information content (AvgIpc) is 2.38. The van der Waals surface area contributed by atoms with Crippen LogP contribution in [-0.4, -0.2) is 31.6 Å². The molecule has 0 spiro atoms. The Labute approximate surface area is 121 Å². The van der Waals surface area contributed by atoms with Crippen LogP contribution in [0.25, 0.3) is 0 Å². The highest BCUT2D eigenvalue weighted by Gasteiger charge is 2.20. The van der Waals surface area contributed by atoms with E-state index in [1.807, 2.05) is 7.05 Å². The molecule has 0 aliphatic heterocycles. The van der Waals surface area contributed by atoms with Gasteiger partial charge >= 0.3 is 0 Å². The second kappa shape index (κ2) is 7.70. The zero-order chi connectivity index (χ0) is 15.3. The molecule has 0 aliphatic rings. The molecule has 114 valence electrons. The fraction of sp³-hybridized carbons (Fsp3) is 0.625. The van der Waals surface area contributed by atoms with E-state index in [9.17, 15) is 8.78 Å². The number of rotatable bonds is 7. The van der Waals surface area contributed by atoms with E-state index < -0.39 is 11.6 Å². The van der Waals surface area contributed by atoms with Crippen LogP contribution >= 0.6 is 0 Å². The van der Waals surface area contributed by atoms with Crippen LogP contribution in [0.4, 0.5) is 8.78 Å². The highest BCUT2D eigenvalue weighted by atomic mass is 19.2. The van der Waals surface area contributed by atoms with E-state index in [4.69, 9.17) is 0 Å². The molecule has 1 rings (SSSR count). The number of benzene rings is 1. The molecule has 20 heavy (non-hydrogen) atoms. The van der Waals surface area contributed by atoms with E-state index >= 15 is 0 Å². The van der Waals surface area contributed by atoms with Crippen molar-refractivity contribution >= 4 is 0 Å². The molecule has 4 heteroatoms. The summed E-state index contributed by atoms with van der Waals surface area (Å²) in [6, 6.07) is 4.53. The van der Waals surface area contributed by atoms with Gasteiger partial charge in [0, 0.05) is 24.2 Å². The van der Waals surface area contributed by atoms with E-state index in [1.165, 1.54) is 0 Å². The Balaban J connectivity index is 2.79. The topological polar surface area (TPSA) is 15.3 Å². The minimum absolute atomic E-state index is 0.217. The number of halogens is 2. The van der Waals surface area contributed by atoms with E-state index in [1.54, 1.807) is 19.2 Å². The molecule has 1 aromatic carbocycles. The van der Waals surface area contributed by atoms with Crippen molar-refractivity contribution in [3.63, 3.8) is 0 Å². The van der Waals surface area contributed by atoms with E-state index in [0.29, 0.717) is 24.1 Å². The van der Waals surface area contributed by atoms with Gasteiger partial charge in [-0.15, -0.1) is 0 Å². The summed E-state index contributed by atoms with van der Waals surface area (Å²) in [6.45, 7) is 7.18. The molecule has 0 aliphatic carbocycles. The van der Waals surface area contributed by atoms with Crippen molar-refractivity contribution in [1.29, 1.82) is 0 Å². The van der Waals surface area contributed by atoms with Crippen LogP contribution in [0.15, 0.2) is 18.2 Å². The van der Waals surface area contributed by atoms with Crippen LogP contribution in [0.3, 0.4) is 0 Å². The molecule has 0 heterocycles. The van der Waals surface area contributed by atoms with Crippen LogP contribution in [0.5, 0.6) is 0 Å². The van der Waals surface area contributed by atoms with Gasteiger partial charge in [0.15, 0.2) is 11.6 Å². The van der Waals surface area contributed by atoms with Gasteiger partial charge in [0.1, 0.15) is 0 Å². The highest BCUT2D eigenvalue weighted by Crippen LogP contribution is 2.21. The summed E-state index contributed by atoms with van der Waals surface area (Å²) in [5.41, 5.74) is 0.385. The molecular weight excluding hydrogens is 258 g/mol. The third kappa shape index (κ3) is 4.53. The maximum Gasteiger partial charge on any atom is 0.163 e. The molecule has 1 aromatic rings. The summed E-state index contributed by atoms with van der Waals surface area (Å²) in [7, 11) is 3.80. The van der Waals surface area contributed by atoms with Gasteiger partial charge in [0.2, 0.25) is 0 Å².